The number of epoxide rings is 1. The normalized spacial score (nSPS) is 59.4. The maximum Gasteiger partial charge on any atom is 0.139 e. The minimum absolute atomic E-state index is 0.130. The first-order valence-electron chi connectivity index (χ1n) is 9.15. The smallest absolute Gasteiger partial charge is 0.139 e. The second-order valence-corrected chi connectivity index (χ2v) is 9.20. The average Bonchev–Trinajstić information content (AvgIpc) is 3.12. The van der Waals surface area contributed by atoms with E-state index in [1.54, 1.807) is 0 Å². The summed E-state index contributed by atoms with van der Waals surface area (Å²) in [6, 6.07) is 0. The van der Waals surface area contributed by atoms with Crippen LogP contribution in [0.2, 0.25) is 0 Å². The quantitative estimate of drug-likeness (QED) is 0.646. The SMILES string of the molecule is CC12CC(=O)C3C(CCC4CC5OC5CC43C)C1CCC2=O. The number of carbonyl (C=O) groups excluding carboxylic acids is 2. The molecule has 0 radical (unpaired) electrons. The summed E-state index contributed by atoms with van der Waals surface area (Å²) in [5.41, 5.74) is -0.209. The zero-order valence-corrected chi connectivity index (χ0v) is 13.6. The molecule has 8 atom stereocenters. The maximum absolute atomic E-state index is 13.1. The van der Waals surface area contributed by atoms with E-state index in [2.05, 4.69) is 13.8 Å². The summed E-state index contributed by atoms with van der Waals surface area (Å²) in [5.74, 6) is 2.51. The van der Waals surface area contributed by atoms with Gasteiger partial charge < -0.3 is 4.74 Å². The number of rotatable bonds is 0. The number of hydrogen-bond donors (Lipinski definition) is 0. The standard InChI is InChI=1S/C19H26O3/c1-18-9-15-14(22-15)7-10(18)3-4-11-12-5-6-16(21)19(12,2)8-13(20)17(11)18/h10-12,14-15,17H,3-9H2,1-2H3. The molecule has 0 spiro atoms. The minimum atomic E-state index is -0.339. The van der Waals surface area contributed by atoms with E-state index < -0.39 is 0 Å². The third-order valence-electron chi connectivity index (χ3n) is 8.31. The Hall–Kier alpha value is -0.700. The number of hydrogen-bond acceptors (Lipinski definition) is 3. The Kier molecular flexibility index (Phi) is 2.51. The van der Waals surface area contributed by atoms with Crippen LogP contribution in [-0.4, -0.2) is 23.8 Å². The molecule has 8 unspecified atom stereocenters. The molecule has 22 heavy (non-hydrogen) atoms. The molecule has 3 nitrogen and oxygen atoms in total. The van der Waals surface area contributed by atoms with E-state index in [0.717, 1.165) is 19.3 Å². The highest BCUT2D eigenvalue weighted by Gasteiger charge is 2.66. The van der Waals surface area contributed by atoms with Crippen LogP contribution in [-0.2, 0) is 14.3 Å². The second-order valence-electron chi connectivity index (χ2n) is 9.20. The van der Waals surface area contributed by atoms with E-state index in [4.69, 9.17) is 4.74 Å². The Morgan fingerprint density at radius 2 is 1.91 bits per heavy atom. The van der Waals surface area contributed by atoms with Gasteiger partial charge in [0, 0.05) is 24.2 Å². The molecule has 5 rings (SSSR count). The first-order valence-corrected chi connectivity index (χ1v) is 9.15. The minimum Gasteiger partial charge on any atom is -0.370 e. The van der Waals surface area contributed by atoms with Gasteiger partial charge in [-0.25, -0.2) is 0 Å². The number of Topliss-reactive ketones (excluding diaryl/α,β-unsaturated/α-hetero) is 2. The third kappa shape index (κ3) is 1.52. The van der Waals surface area contributed by atoms with Crippen molar-refractivity contribution in [2.45, 2.75) is 71.0 Å². The van der Waals surface area contributed by atoms with Crippen LogP contribution >= 0.6 is 0 Å². The highest BCUT2D eigenvalue weighted by molar-refractivity contribution is 5.95. The lowest BCUT2D eigenvalue weighted by Crippen LogP contribution is -2.57. The zero-order valence-electron chi connectivity index (χ0n) is 13.6. The molecule has 1 heterocycles. The summed E-state index contributed by atoms with van der Waals surface area (Å²) in [4.78, 5) is 25.5. The van der Waals surface area contributed by atoms with Crippen molar-refractivity contribution in [3.8, 4) is 0 Å². The van der Waals surface area contributed by atoms with Gasteiger partial charge >= 0.3 is 0 Å². The van der Waals surface area contributed by atoms with Crippen LogP contribution in [0.5, 0.6) is 0 Å². The van der Waals surface area contributed by atoms with Crippen molar-refractivity contribution >= 4 is 11.6 Å². The summed E-state index contributed by atoms with van der Waals surface area (Å²) in [6.07, 6.45) is 7.77. The van der Waals surface area contributed by atoms with Gasteiger partial charge in [0.05, 0.1) is 12.2 Å². The van der Waals surface area contributed by atoms with E-state index in [1.165, 1.54) is 12.8 Å². The number of carbonyl (C=O) groups is 2. The van der Waals surface area contributed by atoms with Gasteiger partial charge in [-0.15, -0.1) is 0 Å². The van der Waals surface area contributed by atoms with E-state index in [-0.39, 0.29) is 16.7 Å². The Morgan fingerprint density at radius 1 is 1.09 bits per heavy atom. The largest absolute Gasteiger partial charge is 0.370 e. The molecule has 0 N–H and O–H groups in total. The van der Waals surface area contributed by atoms with Crippen LogP contribution in [0.15, 0.2) is 0 Å². The van der Waals surface area contributed by atoms with E-state index >= 15 is 0 Å². The Morgan fingerprint density at radius 3 is 2.73 bits per heavy atom. The molecule has 0 aromatic heterocycles. The molecule has 0 bridgehead atoms. The van der Waals surface area contributed by atoms with Gasteiger partial charge in [0.25, 0.3) is 0 Å². The van der Waals surface area contributed by atoms with Crippen LogP contribution in [0.3, 0.4) is 0 Å². The van der Waals surface area contributed by atoms with Gasteiger partial charge in [0.15, 0.2) is 0 Å². The topological polar surface area (TPSA) is 46.7 Å². The summed E-state index contributed by atoms with van der Waals surface area (Å²) in [7, 11) is 0. The number of ether oxygens (including phenoxy) is 1. The van der Waals surface area contributed by atoms with Gasteiger partial charge in [-0.05, 0) is 55.3 Å². The predicted molar refractivity (Wildman–Crippen MR) is 81.2 cm³/mol. The van der Waals surface area contributed by atoms with Gasteiger partial charge in [-0.1, -0.05) is 13.8 Å². The van der Waals surface area contributed by atoms with E-state index in [9.17, 15) is 9.59 Å². The van der Waals surface area contributed by atoms with Crippen molar-refractivity contribution < 1.29 is 14.3 Å². The second kappa shape index (κ2) is 4.03. The highest BCUT2D eigenvalue weighted by Crippen LogP contribution is 2.66. The maximum atomic E-state index is 13.1. The molecule has 0 amide bonds. The Bertz CT molecular complexity index is 569. The van der Waals surface area contributed by atoms with Crippen molar-refractivity contribution in [2.75, 3.05) is 0 Å². The van der Waals surface area contributed by atoms with Crippen molar-refractivity contribution in [1.29, 1.82) is 0 Å². The molecule has 1 aliphatic heterocycles. The van der Waals surface area contributed by atoms with Crippen LogP contribution < -0.4 is 0 Å². The monoisotopic (exact) mass is 302 g/mol. The molecule has 0 aromatic carbocycles. The van der Waals surface area contributed by atoms with Crippen molar-refractivity contribution in [3.63, 3.8) is 0 Å². The van der Waals surface area contributed by atoms with Crippen molar-refractivity contribution in [1.82, 2.24) is 0 Å². The lowest BCUT2D eigenvalue weighted by atomic mass is 9.45. The first-order chi connectivity index (χ1) is 10.4. The summed E-state index contributed by atoms with van der Waals surface area (Å²) in [6.45, 7) is 4.44. The molecule has 3 heteroatoms. The average molecular weight is 302 g/mol. The number of fused-ring (bicyclic) bond motifs is 6. The van der Waals surface area contributed by atoms with Crippen LogP contribution in [0, 0.1) is 34.5 Å². The fraction of sp³-hybridized carbons (Fsp3) is 0.895. The predicted octanol–water partition coefficient (Wildman–Crippen LogP) is 3.15. The van der Waals surface area contributed by atoms with Crippen LogP contribution in [0.4, 0.5) is 0 Å². The van der Waals surface area contributed by atoms with Crippen molar-refractivity contribution in [3.05, 3.63) is 0 Å². The summed E-state index contributed by atoms with van der Waals surface area (Å²) in [5, 5.41) is 0. The molecular formula is C19H26O3. The van der Waals surface area contributed by atoms with E-state index in [1.807, 2.05) is 0 Å². The first kappa shape index (κ1) is 13.7. The van der Waals surface area contributed by atoms with E-state index in [0.29, 0.717) is 54.4 Å². The molecular weight excluding hydrogens is 276 g/mol. The lowest BCUT2D eigenvalue weighted by molar-refractivity contribution is -0.158. The summed E-state index contributed by atoms with van der Waals surface area (Å²) < 4.78 is 5.81. The molecule has 0 aromatic rings. The molecule has 5 fully saturated rings. The molecule has 1 saturated heterocycles. The molecule has 4 saturated carbocycles. The molecule has 4 aliphatic carbocycles. The van der Waals surface area contributed by atoms with Crippen LogP contribution in [0.25, 0.3) is 0 Å². The highest BCUT2D eigenvalue weighted by atomic mass is 16.6. The van der Waals surface area contributed by atoms with Gasteiger partial charge in [-0.3, -0.25) is 9.59 Å². The lowest BCUT2D eigenvalue weighted by Gasteiger charge is -2.57. The fourth-order valence-corrected chi connectivity index (χ4v) is 7.12. The number of ketones is 2. The Balaban J connectivity index is 1.54. The van der Waals surface area contributed by atoms with Gasteiger partial charge in [0.1, 0.15) is 11.6 Å². The molecule has 120 valence electrons. The zero-order chi connectivity index (χ0) is 15.3. The van der Waals surface area contributed by atoms with Crippen LogP contribution in [0.1, 0.15) is 58.8 Å². The van der Waals surface area contributed by atoms with Gasteiger partial charge in [0.2, 0.25) is 0 Å². The van der Waals surface area contributed by atoms with Crippen molar-refractivity contribution in [2.24, 2.45) is 34.5 Å². The Labute approximate surface area is 132 Å². The summed E-state index contributed by atoms with van der Waals surface area (Å²) >= 11 is 0. The fourth-order valence-electron chi connectivity index (χ4n) is 7.12. The third-order valence-corrected chi connectivity index (χ3v) is 8.31. The van der Waals surface area contributed by atoms with Gasteiger partial charge in [-0.2, -0.15) is 0 Å². The molecule has 5 aliphatic rings.